The van der Waals surface area contributed by atoms with Crippen molar-refractivity contribution in [1.82, 2.24) is 0 Å². The number of hydrogen-bond donors (Lipinski definition) is 0. The maximum atomic E-state index is 2.47. The molecule has 0 N–H and O–H groups in total. The Morgan fingerprint density at radius 3 is 1.59 bits per heavy atom. The first-order chi connectivity index (χ1) is 27.1. The van der Waals surface area contributed by atoms with Gasteiger partial charge in [0.1, 0.15) is 0 Å². The number of hydrogen-bond acceptors (Lipinski definition) is 1. The fourth-order valence-corrected chi connectivity index (χ4v) is 10.2. The lowest BCUT2D eigenvalue weighted by molar-refractivity contribution is 0.589. The van der Waals surface area contributed by atoms with Crippen LogP contribution in [0.4, 0.5) is 17.1 Å². The quantitative estimate of drug-likeness (QED) is 0.171. The van der Waals surface area contributed by atoms with Crippen LogP contribution in [0.5, 0.6) is 0 Å². The van der Waals surface area contributed by atoms with Gasteiger partial charge in [-0.25, -0.2) is 0 Å². The molecule has 0 amide bonds. The van der Waals surface area contributed by atoms with Gasteiger partial charge >= 0.3 is 0 Å². The van der Waals surface area contributed by atoms with Crippen LogP contribution in [-0.2, 0) is 16.2 Å². The summed E-state index contributed by atoms with van der Waals surface area (Å²) in [4.78, 5) is 2.36. The van der Waals surface area contributed by atoms with Crippen molar-refractivity contribution in [1.29, 1.82) is 0 Å². The molecular formula is C55H47N. The van der Waals surface area contributed by atoms with E-state index < -0.39 is 5.41 Å². The predicted molar refractivity (Wildman–Crippen MR) is 237 cm³/mol. The van der Waals surface area contributed by atoms with Crippen LogP contribution in [0.2, 0.25) is 0 Å². The lowest BCUT2D eigenvalue weighted by Crippen LogP contribution is -2.32. The number of fused-ring (bicyclic) bond motifs is 9. The molecule has 0 saturated carbocycles. The van der Waals surface area contributed by atoms with Crippen molar-refractivity contribution in [2.75, 3.05) is 4.90 Å². The summed E-state index contributed by atoms with van der Waals surface area (Å²) in [5.74, 6) is 0. The van der Waals surface area contributed by atoms with Crippen molar-refractivity contribution in [3.05, 3.63) is 220 Å². The van der Waals surface area contributed by atoms with E-state index in [2.05, 4.69) is 222 Å². The third kappa shape index (κ3) is 4.86. The summed E-state index contributed by atoms with van der Waals surface area (Å²) in [6, 6.07) is 66.0. The highest BCUT2D eigenvalue weighted by atomic mass is 15.1. The average Bonchev–Trinajstić information content (AvgIpc) is 3.64. The smallest absolute Gasteiger partial charge is 0.0716 e. The average molecular weight is 722 g/mol. The molecular weight excluding hydrogens is 675 g/mol. The Bertz CT molecular complexity index is 2750. The molecule has 0 radical (unpaired) electrons. The zero-order valence-corrected chi connectivity index (χ0v) is 33.2. The normalized spacial score (nSPS) is 16.2. The van der Waals surface area contributed by atoms with E-state index in [4.69, 9.17) is 0 Å². The SMILES string of the molecule is Cc1cc2c(c3ccccc13)-c1ccc3c(c1C2(C)C)C(c1ccc(N(c2ccccc2)c2ccccc2)cc1)(c1ccc(C(C)(C)C)cc1)c1ccccc1-3. The molecule has 0 spiro atoms. The lowest BCUT2D eigenvalue weighted by atomic mass is 9.63. The summed E-state index contributed by atoms with van der Waals surface area (Å²) < 4.78 is 0. The summed E-state index contributed by atoms with van der Waals surface area (Å²) in [5.41, 5.74) is 18.9. The van der Waals surface area contributed by atoms with E-state index in [-0.39, 0.29) is 10.8 Å². The van der Waals surface area contributed by atoms with Gasteiger partial charge in [0.25, 0.3) is 0 Å². The lowest BCUT2D eigenvalue weighted by Gasteiger charge is -2.38. The summed E-state index contributed by atoms with van der Waals surface area (Å²) in [6.07, 6.45) is 0. The van der Waals surface area contributed by atoms with Crippen LogP contribution in [0.3, 0.4) is 0 Å². The minimum Gasteiger partial charge on any atom is -0.311 e. The second-order valence-corrected chi connectivity index (χ2v) is 17.4. The highest BCUT2D eigenvalue weighted by Crippen LogP contribution is 2.64. The number of aryl methyl sites for hydroxylation is 1. The zero-order chi connectivity index (χ0) is 38.4. The van der Waals surface area contributed by atoms with Gasteiger partial charge in [0.2, 0.25) is 0 Å². The summed E-state index contributed by atoms with van der Waals surface area (Å²) in [7, 11) is 0. The molecule has 1 unspecified atom stereocenters. The van der Waals surface area contributed by atoms with Gasteiger partial charge in [-0.3, -0.25) is 0 Å². The third-order valence-electron chi connectivity index (χ3n) is 12.8. The first-order valence-corrected chi connectivity index (χ1v) is 20.0. The third-order valence-corrected chi connectivity index (χ3v) is 12.8. The van der Waals surface area contributed by atoms with Gasteiger partial charge in [0.05, 0.1) is 5.41 Å². The molecule has 1 heteroatoms. The molecule has 0 heterocycles. The van der Waals surface area contributed by atoms with Crippen molar-refractivity contribution in [3.8, 4) is 22.3 Å². The minimum atomic E-state index is -0.555. The molecule has 0 saturated heterocycles. The van der Waals surface area contributed by atoms with E-state index in [0.29, 0.717) is 0 Å². The maximum Gasteiger partial charge on any atom is 0.0716 e. The fraction of sp³-hybridized carbons (Fsp3) is 0.164. The molecule has 56 heavy (non-hydrogen) atoms. The van der Waals surface area contributed by atoms with Gasteiger partial charge in [-0.1, -0.05) is 174 Å². The molecule has 8 aromatic rings. The topological polar surface area (TPSA) is 3.24 Å². The van der Waals surface area contributed by atoms with Crippen molar-refractivity contribution >= 4 is 27.8 Å². The number of rotatable bonds is 5. The monoisotopic (exact) mass is 721 g/mol. The maximum absolute atomic E-state index is 2.47. The zero-order valence-electron chi connectivity index (χ0n) is 33.2. The summed E-state index contributed by atoms with van der Waals surface area (Å²) >= 11 is 0. The molecule has 0 aliphatic heterocycles. The van der Waals surface area contributed by atoms with Crippen molar-refractivity contribution in [3.63, 3.8) is 0 Å². The van der Waals surface area contributed by atoms with Crippen molar-refractivity contribution in [2.24, 2.45) is 0 Å². The van der Waals surface area contributed by atoms with Gasteiger partial charge < -0.3 is 4.90 Å². The minimum absolute atomic E-state index is 0.0426. The molecule has 10 rings (SSSR count). The second-order valence-electron chi connectivity index (χ2n) is 17.4. The Morgan fingerprint density at radius 1 is 0.446 bits per heavy atom. The van der Waals surface area contributed by atoms with E-state index in [1.165, 1.54) is 77.5 Å². The Balaban J connectivity index is 1.28. The van der Waals surface area contributed by atoms with Gasteiger partial charge in [-0.2, -0.15) is 0 Å². The van der Waals surface area contributed by atoms with Crippen molar-refractivity contribution in [2.45, 2.75) is 57.8 Å². The van der Waals surface area contributed by atoms with E-state index in [9.17, 15) is 0 Å². The molecule has 1 atom stereocenters. The number of anilines is 3. The Morgan fingerprint density at radius 2 is 0.964 bits per heavy atom. The highest BCUT2D eigenvalue weighted by molar-refractivity contribution is 6.06. The van der Waals surface area contributed by atoms with Crippen molar-refractivity contribution < 1.29 is 0 Å². The molecule has 0 bridgehead atoms. The fourth-order valence-electron chi connectivity index (χ4n) is 10.2. The second kappa shape index (κ2) is 12.4. The molecule has 1 nitrogen and oxygen atoms in total. The molecule has 2 aliphatic carbocycles. The summed E-state index contributed by atoms with van der Waals surface area (Å²) in [6.45, 7) is 14.1. The Labute approximate surface area is 331 Å². The summed E-state index contributed by atoms with van der Waals surface area (Å²) in [5, 5.41) is 2.68. The molecule has 8 aromatic carbocycles. The Hall–Kier alpha value is -6.18. The molecule has 272 valence electrons. The van der Waals surface area contributed by atoms with Crippen LogP contribution in [0.15, 0.2) is 176 Å². The highest BCUT2D eigenvalue weighted by Gasteiger charge is 2.52. The van der Waals surface area contributed by atoms with Gasteiger partial charge in [0, 0.05) is 22.5 Å². The van der Waals surface area contributed by atoms with E-state index in [1.54, 1.807) is 0 Å². The standard InChI is InChI=1S/C55H47N/c1-36-35-49-50(45-23-14-13-21-43(36)45)47-34-33-46-44-22-15-16-24-48(44)55(52(46)51(47)54(49,5)6,38-27-25-37(26-28-38)53(2,3)4)39-29-31-42(32-30-39)56(40-17-9-7-10-18-40)41-19-11-8-12-20-41/h7-35H,1-6H3. The first-order valence-electron chi connectivity index (χ1n) is 20.0. The Kier molecular flexibility index (Phi) is 7.61. The van der Waals surface area contributed by atoms with Gasteiger partial charge in [-0.15, -0.1) is 0 Å². The van der Waals surface area contributed by atoms with E-state index in [0.717, 1.165) is 17.1 Å². The number of para-hydroxylation sites is 2. The number of nitrogens with zero attached hydrogens (tertiary/aromatic N) is 1. The largest absolute Gasteiger partial charge is 0.311 e. The number of benzene rings is 8. The van der Waals surface area contributed by atoms with Gasteiger partial charge in [-0.05, 0) is 126 Å². The van der Waals surface area contributed by atoms with Crippen LogP contribution < -0.4 is 4.90 Å². The molecule has 0 aromatic heterocycles. The van der Waals surface area contributed by atoms with Crippen LogP contribution in [0.25, 0.3) is 33.0 Å². The van der Waals surface area contributed by atoms with E-state index in [1.807, 2.05) is 0 Å². The first kappa shape index (κ1) is 34.3. The molecule has 0 fully saturated rings. The van der Waals surface area contributed by atoms with Gasteiger partial charge in [0.15, 0.2) is 0 Å². The van der Waals surface area contributed by atoms with E-state index >= 15 is 0 Å². The van der Waals surface area contributed by atoms with Crippen LogP contribution >= 0.6 is 0 Å². The van der Waals surface area contributed by atoms with Crippen LogP contribution in [0.1, 0.15) is 79.1 Å². The van der Waals surface area contributed by atoms with Crippen LogP contribution in [-0.4, -0.2) is 0 Å². The molecule has 2 aliphatic rings. The predicted octanol–water partition coefficient (Wildman–Crippen LogP) is 14.6. The van der Waals surface area contributed by atoms with Crippen LogP contribution in [0, 0.1) is 6.92 Å².